The molecule has 0 aliphatic rings. The summed E-state index contributed by atoms with van der Waals surface area (Å²) in [6.45, 7) is 6.45. The van der Waals surface area contributed by atoms with E-state index in [0.29, 0.717) is 19.3 Å². The molecule has 0 aromatic heterocycles. The average molecular weight is 964 g/mol. The van der Waals surface area contributed by atoms with E-state index in [2.05, 4.69) is 87.6 Å². The van der Waals surface area contributed by atoms with Crippen molar-refractivity contribution < 1.29 is 28.6 Å². The first-order valence-corrected chi connectivity index (χ1v) is 29.4. The van der Waals surface area contributed by atoms with Gasteiger partial charge in [0.2, 0.25) is 0 Å². The summed E-state index contributed by atoms with van der Waals surface area (Å²) < 4.78 is 16.8. The molecule has 0 aromatic rings. The van der Waals surface area contributed by atoms with Crippen molar-refractivity contribution in [1.29, 1.82) is 0 Å². The van der Waals surface area contributed by atoms with Crippen LogP contribution in [0.2, 0.25) is 0 Å². The fourth-order valence-electron chi connectivity index (χ4n) is 8.31. The Bertz CT molecular complexity index is 1290. The van der Waals surface area contributed by atoms with Gasteiger partial charge in [-0.3, -0.25) is 14.4 Å². The summed E-state index contributed by atoms with van der Waals surface area (Å²) in [7, 11) is 0. The minimum absolute atomic E-state index is 0.101. The maximum absolute atomic E-state index is 12.8. The molecule has 0 aromatic carbocycles. The SMILES string of the molecule is CC/C=C\C/C=C\C/C=C\C/C=C\CCC(=O)OCC(COC(=O)CCCCCCCCCCCCCCCCCCCCCCCCC)OC(=O)CCCCCCC/C=C\C/C=C\CCCCC. The normalized spacial score (nSPS) is 12.6. The Morgan fingerprint density at radius 1 is 0.304 bits per heavy atom. The van der Waals surface area contributed by atoms with Gasteiger partial charge in [-0.1, -0.05) is 267 Å². The molecule has 0 fully saturated rings. The third kappa shape index (κ3) is 55.6. The number of ether oxygens (including phenoxy) is 3. The molecule has 0 saturated carbocycles. The highest BCUT2D eigenvalue weighted by molar-refractivity contribution is 5.71. The lowest BCUT2D eigenvalue weighted by Gasteiger charge is -2.18. The molecule has 0 radical (unpaired) electrons. The van der Waals surface area contributed by atoms with Crippen LogP contribution < -0.4 is 0 Å². The maximum Gasteiger partial charge on any atom is 0.306 e. The van der Waals surface area contributed by atoms with Crippen molar-refractivity contribution in [2.45, 2.75) is 297 Å². The molecule has 1 atom stereocenters. The molecule has 0 N–H and O–H groups in total. The number of allylic oxidation sites excluding steroid dienone is 12. The van der Waals surface area contributed by atoms with Gasteiger partial charge in [0.15, 0.2) is 6.10 Å². The Balaban J connectivity index is 4.33. The molecule has 69 heavy (non-hydrogen) atoms. The second-order valence-corrected chi connectivity index (χ2v) is 19.5. The number of carbonyl (C=O) groups is 3. The minimum atomic E-state index is -0.810. The number of unbranched alkanes of at least 4 members (excludes halogenated alkanes) is 30. The second kappa shape index (κ2) is 57.4. The molecular weight excluding hydrogens is 853 g/mol. The van der Waals surface area contributed by atoms with E-state index in [4.69, 9.17) is 14.2 Å². The van der Waals surface area contributed by atoms with Gasteiger partial charge < -0.3 is 14.2 Å². The number of esters is 3. The summed E-state index contributed by atoms with van der Waals surface area (Å²) in [6, 6.07) is 0. The third-order valence-electron chi connectivity index (χ3n) is 12.7. The zero-order valence-electron chi connectivity index (χ0n) is 45.6. The van der Waals surface area contributed by atoms with Crippen molar-refractivity contribution in [3.63, 3.8) is 0 Å². The summed E-state index contributed by atoms with van der Waals surface area (Å²) >= 11 is 0. The third-order valence-corrected chi connectivity index (χ3v) is 12.7. The van der Waals surface area contributed by atoms with E-state index in [1.807, 2.05) is 6.08 Å². The number of hydrogen-bond donors (Lipinski definition) is 0. The van der Waals surface area contributed by atoms with Crippen LogP contribution in [-0.4, -0.2) is 37.2 Å². The van der Waals surface area contributed by atoms with Gasteiger partial charge >= 0.3 is 17.9 Å². The van der Waals surface area contributed by atoms with Crippen LogP contribution in [0.15, 0.2) is 72.9 Å². The molecular formula is C63H110O6. The number of carbonyl (C=O) groups excluding carboxylic acids is 3. The first-order valence-electron chi connectivity index (χ1n) is 29.4. The zero-order valence-corrected chi connectivity index (χ0v) is 45.6. The van der Waals surface area contributed by atoms with Gasteiger partial charge in [-0.05, 0) is 77.0 Å². The Morgan fingerprint density at radius 3 is 1.00 bits per heavy atom. The molecule has 0 aliphatic heterocycles. The molecule has 6 heteroatoms. The summed E-state index contributed by atoms with van der Waals surface area (Å²) in [5.74, 6) is -0.991. The van der Waals surface area contributed by atoms with Gasteiger partial charge in [0.05, 0.1) is 0 Å². The standard InChI is InChI=1S/C63H110O6/c1-4-7-10-13-16-19-22-25-27-28-29-30-31-32-33-34-36-38-41-44-47-50-53-56-62(65)68-59-60(58-67-61(64)55-52-49-46-43-40-37-24-21-18-15-12-9-6-3)69-63(66)57-54-51-48-45-42-39-35-26-23-20-17-14-11-8-5-2/h9,12,17-18,20-21,26,35,37,40,46,49,60H,4-8,10-11,13-16,19,22-25,27-34,36,38-39,41-45,47-48,50-59H2,1-3H3/b12-9-,20-17-,21-18-,35-26-,40-37-,49-46-. The lowest BCUT2D eigenvalue weighted by molar-refractivity contribution is -0.166. The molecule has 0 rings (SSSR count). The van der Waals surface area contributed by atoms with Gasteiger partial charge in [0.25, 0.3) is 0 Å². The van der Waals surface area contributed by atoms with E-state index >= 15 is 0 Å². The van der Waals surface area contributed by atoms with E-state index in [-0.39, 0.29) is 37.5 Å². The van der Waals surface area contributed by atoms with Crippen LogP contribution in [0.25, 0.3) is 0 Å². The average Bonchev–Trinajstić information content (AvgIpc) is 3.35. The largest absolute Gasteiger partial charge is 0.462 e. The van der Waals surface area contributed by atoms with Crippen molar-refractivity contribution in [3.8, 4) is 0 Å². The van der Waals surface area contributed by atoms with E-state index in [1.165, 1.54) is 154 Å². The second-order valence-electron chi connectivity index (χ2n) is 19.5. The molecule has 6 nitrogen and oxygen atoms in total. The summed E-state index contributed by atoms with van der Waals surface area (Å²) in [5.41, 5.74) is 0. The predicted octanol–water partition coefficient (Wildman–Crippen LogP) is 19.8. The van der Waals surface area contributed by atoms with Crippen LogP contribution in [0.3, 0.4) is 0 Å². The van der Waals surface area contributed by atoms with Crippen LogP contribution in [0.5, 0.6) is 0 Å². The molecule has 1 unspecified atom stereocenters. The molecule has 0 saturated heterocycles. The zero-order chi connectivity index (χ0) is 50.0. The van der Waals surface area contributed by atoms with Crippen LogP contribution in [0.1, 0.15) is 290 Å². The van der Waals surface area contributed by atoms with E-state index in [0.717, 1.165) is 89.9 Å². The van der Waals surface area contributed by atoms with Crippen LogP contribution in [-0.2, 0) is 28.6 Å². The molecule has 398 valence electrons. The molecule has 0 spiro atoms. The highest BCUT2D eigenvalue weighted by Gasteiger charge is 2.19. The quantitative estimate of drug-likeness (QED) is 0.0262. The Hall–Kier alpha value is -3.15. The van der Waals surface area contributed by atoms with Gasteiger partial charge in [-0.2, -0.15) is 0 Å². The van der Waals surface area contributed by atoms with Crippen molar-refractivity contribution in [2.24, 2.45) is 0 Å². The molecule has 0 aliphatic carbocycles. The molecule has 0 heterocycles. The van der Waals surface area contributed by atoms with Gasteiger partial charge in [-0.25, -0.2) is 0 Å². The van der Waals surface area contributed by atoms with Crippen LogP contribution in [0.4, 0.5) is 0 Å². The van der Waals surface area contributed by atoms with Crippen LogP contribution >= 0.6 is 0 Å². The first-order chi connectivity index (χ1) is 34.0. The Labute approximate surface area is 427 Å². The first kappa shape index (κ1) is 65.8. The van der Waals surface area contributed by atoms with Gasteiger partial charge in [-0.15, -0.1) is 0 Å². The monoisotopic (exact) mass is 963 g/mol. The van der Waals surface area contributed by atoms with Crippen molar-refractivity contribution in [2.75, 3.05) is 13.2 Å². The topological polar surface area (TPSA) is 78.9 Å². The summed E-state index contributed by atoms with van der Waals surface area (Å²) in [6.07, 6.45) is 73.5. The van der Waals surface area contributed by atoms with Crippen molar-refractivity contribution >= 4 is 17.9 Å². The highest BCUT2D eigenvalue weighted by Crippen LogP contribution is 2.17. The molecule has 0 amide bonds. The maximum atomic E-state index is 12.8. The van der Waals surface area contributed by atoms with Gasteiger partial charge in [0.1, 0.15) is 13.2 Å². The predicted molar refractivity (Wildman–Crippen MR) is 298 cm³/mol. The van der Waals surface area contributed by atoms with Crippen molar-refractivity contribution in [1.82, 2.24) is 0 Å². The number of rotatable bonds is 53. The highest BCUT2D eigenvalue weighted by atomic mass is 16.6. The smallest absolute Gasteiger partial charge is 0.306 e. The lowest BCUT2D eigenvalue weighted by Crippen LogP contribution is -2.30. The van der Waals surface area contributed by atoms with E-state index in [1.54, 1.807) is 0 Å². The fraction of sp³-hybridized carbons (Fsp3) is 0.762. The lowest BCUT2D eigenvalue weighted by atomic mass is 10.0. The Morgan fingerprint density at radius 2 is 0.594 bits per heavy atom. The molecule has 0 bridgehead atoms. The van der Waals surface area contributed by atoms with E-state index < -0.39 is 6.10 Å². The summed E-state index contributed by atoms with van der Waals surface area (Å²) in [5, 5.41) is 0. The van der Waals surface area contributed by atoms with Gasteiger partial charge in [0, 0.05) is 19.3 Å². The summed E-state index contributed by atoms with van der Waals surface area (Å²) in [4.78, 5) is 38.1. The fourth-order valence-corrected chi connectivity index (χ4v) is 8.31. The minimum Gasteiger partial charge on any atom is -0.462 e. The van der Waals surface area contributed by atoms with E-state index in [9.17, 15) is 14.4 Å². The van der Waals surface area contributed by atoms with Crippen molar-refractivity contribution in [3.05, 3.63) is 72.9 Å². The van der Waals surface area contributed by atoms with Crippen LogP contribution in [0, 0.1) is 0 Å². The Kier molecular flexibility index (Phi) is 54.8. The number of hydrogen-bond acceptors (Lipinski definition) is 6.